The van der Waals surface area contributed by atoms with Gasteiger partial charge >= 0.3 is 0 Å². The van der Waals surface area contributed by atoms with E-state index < -0.39 is 0 Å². The van der Waals surface area contributed by atoms with E-state index in [0.717, 1.165) is 18.0 Å². The molecule has 4 atom stereocenters. The molecule has 0 radical (unpaired) electrons. The number of nitrogens with zero attached hydrogens (tertiary/aromatic N) is 1. The lowest BCUT2D eigenvalue weighted by molar-refractivity contribution is 0.338. The summed E-state index contributed by atoms with van der Waals surface area (Å²) in [6.45, 7) is 2.33. The minimum atomic E-state index is 0.627. The van der Waals surface area contributed by atoms with Gasteiger partial charge < -0.3 is 0 Å². The normalized spacial score (nSPS) is 43.2. The molecule has 1 nitrogen and oxygen atoms in total. The summed E-state index contributed by atoms with van der Waals surface area (Å²) in [4.78, 5) is 0. The molecule has 1 aliphatic carbocycles. The van der Waals surface area contributed by atoms with Gasteiger partial charge in [0.2, 0.25) is 0 Å². The van der Waals surface area contributed by atoms with Crippen LogP contribution in [0.3, 0.4) is 0 Å². The van der Waals surface area contributed by atoms with Gasteiger partial charge in [-0.1, -0.05) is 19.3 Å². The molecule has 1 aliphatic heterocycles. The zero-order chi connectivity index (χ0) is 8.55. The summed E-state index contributed by atoms with van der Waals surface area (Å²) in [5.41, 5.74) is 0. The van der Waals surface area contributed by atoms with E-state index in [4.69, 9.17) is 11.8 Å². The van der Waals surface area contributed by atoms with Crippen LogP contribution in [0, 0.1) is 5.92 Å². The van der Waals surface area contributed by atoms with Gasteiger partial charge in [-0.05, 0) is 25.7 Å². The van der Waals surface area contributed by atoms with Crippen molar-refractivity contribution in [3.05, 3.63) is 0 Å². The van der Waals surface area contributed by atoms with Gasteiger partial charge in [0.05, 0.1) is 12.1 Å². The molecule has 68 valence electrons. The Morgan fingerprint density at radius 1 is 1.25 bits per heavy atom. The number of hydrogen-bond donors (Lipinski definition) is 0. The van der Waals surface area contributed by atoms with E-state index in [0.29, 0.717) is 7.51 Å². The first-order valence-electron chi connectivity index (χ1n) is 5.00. The maximum atomic E-state index is 5.12. The monoisotopic (exact) mass is 202 g/mol. The topological polar surface area (TPSA) is 3.01 Å². The second-order valence-corrected chi connectivity index (χ2v) is 5.37. The van der Waals surface area contributed by atoms with Crippen molar-refractivity contribution in [3.63, 3.8) is 0 Å². The van der Waals surface area contributed by atoms with E-state index in [1.54, 1.807) is 0 Å². The summed E-state index contributed by atoms with van der Waals surface area (Å²) in [5.74, 6) is 0.990. The smallest absolute Gasteiger partial charge is 0.113 e. The fourth-order valence-corrected chi connectivity index (χ4v) is 4.28. The summed E-state index contributed by atoms with van der Waals surface area (Å²) in [6, 6.07) is 1.69. The third-order valence-electron chi connectivity index (χ3n) is 3.40. The Kier molecular flexibility index (Phi) is 2.78. The Bertz CT molecular complexity index is 179. The molecule has 1 saturated carbocycles. The van der Waals surface area contributed by atoms with Crippen molar-refractivity contribution in [1.29, 1.82) is 0 Å². The first-order valence-corrected chi connectivity index (χ1v) is 7.08. The lowest BCUT2D eigenvalue weighted by atomic mass is 9.86. The molecule has 0 spiro atoms. The van der Waals surface area contributed by atoms with Gasteiger partial charge in [0.25, 0.3) is 7.51 Å². The Hall–Kier alpha value is 0.480. The minimum absolute atomic E-state index is 0.627. The van der Waals surface area contributed by atoms with Crippen molar-refractivity contribution in [2.75, 3.05) is 0 Å². The molecule has 0 aromatic carbocycles. The van der Waals surface area contributed by atoms with Crippen LogP contribution in [0.1, 0.15) is 39.0 Å². The van der Waals surface area contributed by atoms with Crippen molar-refractivity contribution >= 4 is 19.3 Å². The first-order chi connectivity index (χ1) is 5.84. The Labute approximate surface area is 81.4 Å². The lowest BCUT2D eigenvalue weighted by Crippen LogP contribution is -2.14. The van der Waals surface area contributed by atoms with E-state index >= 15 is 0 Å². The summed E-state index contributed by atoms with van der Waals surface area (Å²) in [5, 5.41) is 0. The first kappa shape index (κ1) is 9.05. The third-order valence-corrected chi connectivity index (χ3v) is 4.95. The van der Waals surface area contributed by atoms with Crippen molar-refractivity contribution < 1.29 is 0 Å². The highest BCUT2D eigenvalue weighted by molar-refractivity contribution is 7.95. The molecule has 1 heterocycles. The molecule has 0 aromatic rings. The predicted molar refractivity (Wildman–Crippen MR) is 57.3 cm³/mol. The zero-order valence-electron chi connectivity index (χ0n) is 7.62. The average Bonchev–Trinajstić information content (AvgIpc) is 2.78. The molecule has 0 N–H and O–H groups in total. The largest absolute Gasteiger partial charge is 0.252 e. The van der Waals surface area contributed by atoms with Crippen molar-refractivity contribution in [1.82, 2.24) is 4.67 Å². The third kappa shape index (κ3) is 1.57. The van der Waals surface area contributed by atoms with Crippen LogP contribution in [-0.4, -0.2) is 16.8 Å². The van der Waals surface area contributed by atoms with Gasteiger partial charge in [0.15, 0.2) is 11.8 Å². The number of hydrogen-bond acceptors (Lipinski definition) is 1. The van der Waals surface area contributed by atoms with Gasteiger partial charge in [-0.3, -0.25) is 0 Å². The van der Waals surface area contributed by atoms with Crippen LogP contribution >= 0.6 is 7.51 Å². The molecule has 0 amide bonds. The summed E-state index contributed by atoms with van der Waals surface area (Å²) < 4.78 is 2.49. The molecule has 2 rings (SSSR count). The predicted octanol–water partition coefficient (Wildman–Crippen LogP) is 2.69. The SMILES string of the molecule is CC1C(C2CCCCC2)N1[PH+]=S. The van der Waals surface area contributed by atoms with Crippen LogP contribution in [0.15, 0.2) is 0 Å². The summed E-state index contributed by atoms with van der Waals surface area (Å²) >= 11 is 5.12. The Morgan fingerprint density at radius 3 is 2.42 bits per heavy atom. The summed E-state index contributed by atoms with van der Waals surface area (Å²) in [6.07, 6.45) is 7.31. The second kappa shape index (κ2) is 3.69. The van der Waals surface area contributed by atoms with E-state index in [1.165, 1.54) is 32.1 Å². The van der Waals surface area contributed by atoms with Gasteiger partial charge in [0.1, 0.15) is 0 Å². The molecule has 12 heavy (non-hydrogen) atoms. The second-order valence-electron chi connectivity index (χ2n) is 4.13. The fourth-order valence-electron chi connectivity index (χ4n) is 2.61. The van der Waals surface area contributed by atoms with Crippen LogP contribution in [0.2, 0.25) is 0 Å². The van der Waals surface area contributed by atoms with Gasteiger partial charge in [-0.15, -0.1) is 4.67 Å². The quantitative estimate of drug-likeness (QED) is 0.500. The van der Waals surface area contributed by atoms with Gasteiger partial charge in [-0.25, -0.2) is 0 Å². The van der Waals surface area contributed by atoms with Gasteiger partial charge in [-0.2, -0.15) is 0 Å². The van der Waals surface area contributed by atoms with E-state index in [1.807, 2.05) is 0 Å². The van der Waals surface area contributed by atoms with Crippen LogP contribution in [0.25, 0.3) is 0 Å². The highest BCUT2D eigenvalue weighted by Gasteiger charge is 2.53. The molecular formula is C9H17NPS+. The van der Waals surface area contributed by atoms with Crippen LogP contribution < -0.4 is 0 Å². The molecule has 2 fully saturated rings. The van der Waals surface area contributed by atoms with E-state index in [-0.39, 0.29) is 0 Å². The zero-order valence-corrected chi connectivity index (χ0v) is 9.44. The molecule has 3 heteroatoms. The highest BCUT2D eigenvalue weighted by atomic mass is 32.4. The molecule has 2 aliphatic rings. The molecule has 0 aromatic heterocycles. The maximum Gasteiger partial charge on any atom is 0.252 e. The van der Waals surface area contributed by atoms with Crippen molar-refractivity contribution in [2.24, 2.45) is 5.92 Å². The molecular weight excluding hydrogens is 185 g/mol. The molecule has 1 saturated heterocycles. The molecule has 4 unspecified atom stereocenters. The fraction of sp³-hybridized carbons (Fsp3) is 1.00. The molecule has 0 bridgehead atoms. The van der Waals surface area contributed by atoms with Crippen LogP contribution in [0.5, 0.6) is 0 Å². The number of rotatable bonds is 2. The van der Waals surface area contributed by atoms with Crippen molar-refractivity contribution in [3.8, 4) is 0 Å². The summed E-state index contributed by atoms with van der Waals surface area (Å²) in [7, 11) is 0.627. The minimum Gasteiger partial charge on any atom is -0.113 e. The standard InChI is InChI=1S/C9H16NPS/c1-7-9(10(7)11-12)8-5-3-2-4-6-8/h7-9H,2-6H2,1H3/p+1. The Morgan fingerprint density at radius 2 is 1.92 bits per heavy atom. The maximum absolute atomic E-state index is 5.12. The van der Waals surface area contributed by atoms with Gasteiger partial charge in [0, 0.05) is 0 Å². The van der Waals surface area contributed by atoms with Crippen molar-refractivity contribution in [2.45, 2.75) is 51.1 Å². The van der Waals surface area contributed by atoms with Crippen LogP contribution in [-0.2, 0) is 11.8 Å². The average molecular weight is 202 g/mol. The highest BCUT2D eigenvalue weighted by Crippen LogP contribution is 2.44. The van der Waals surface area contributed by atoms with Crippen LogP contribution in [0.4, 0.5) is 0 Å². The lowest BCUT2D eigenvalue weighted by Gasteiger charge is -2.19. The van der Waals surface area contributed by atoms with E-state index in [9.17, 15) is 0 Å². The Balaban J connectivity index is 1.88. The van der Waals surface area contributed by atoms with E-state index in [2.05, 4.69) is 11.6 Å².